The lowest BCUT2D eigenvalue weighted by Gasteiger charge is -2.13. The van der Waals surface area contributed by atoms with Crippen LogP contribution in [0.25, 0.3) is 11.1 Å². The number of nitrogen functional groups attached to an aromatic ring is 1. The van der Waals surface area contributed by atoms with E-state index in [2.05, 4.69) is 9.97 Å². The van der Waals surface area contributed by atoms with E-state index >= 15 is 0 Å². The predicted octanol–water partition coefficient (Wildman–Crippen LogP) is 2.62. The Morgan fingerprint density at radius 2 is 2.00 bits per heavy atom. The van der Waals surface area contributed by atoms with Crippen molar-refractivity contribution in [2.45, 2.75) is 6.18 Å². The lowest BCUT2D eigenvalue weighted by molar-refractivity contribution is -0.138. The average Bonchev–Trinajstić information content (AvgIpc) is 2.37. The van der Waals surface area contributed by atoms with Gasteiger partial charge in [-0.3, -0.25) is 4.98 Å². The Labute approximate surface area is 106 Å². The highest BCUT2D eigenvalue weighted by molar-refractivity contribution is 5.80. The molecule has 0 bridgehead atoms. The van der Waals surface area contributed by atoms with Gasteiger partial charge in [0.05, 0.1) is 11.1 Å². The number of nitriles is 1. The summed E-state index contributed by atoms with van der Waals surface area (Å²) in [6.07, 6.45) is -1.31. The predicted molar refractivity (Wildman–Crippen MR) is 61.6 cm³/mol. The summed E-state index contributed by atoms with van der Waals surface area (Å²) < 4.78 is 38.4. The van der Waals surface area contributed by atoms with Crippen molar-refractivity contribution in [3.63, 3.8) is 0 Å². The fraction of sp³-hybridized carbons (Fsp3) is 0.0833. The van der Waals surface area contributed by atoms with Crippen LogP contribution in [0, 0.1) is 11.3 Å². The molecule has 0 aliphatic heterocycles. The van der Waals surface area contributed by atoms with Gasteiger partial charge in [0.1, 0.15) is 11.9 Å². The molecule has 19 heavy (non-hydrogen) atoms. The fourth-order valence-corrected chi connectivity index (χ4v) is 1.66. The highest BCUT2D eigenvalue weighted by Crippen LogP contribution is 2.37. The molecule has 2 N–H and O–H groups in total. The van der Waals surface area contributed by atoms with Crippen LogP contribution in [0.15, 0.2) is 30.7 Å². The van der Waals surface area contributed by atoms with Crippen LogP contribution in [0.5, 0.6) is 0 Å². The largest absolute Gasteiger partial charge is 0.419 e. The molecule has 2 rings (SSSR count). The van der Waals surface area contributed by atoms with Gasteiger partial charge in [-0.15, -0.1) is 0 Å². The smallest absolute Gasteiger partial charge is 0.383 e. The molecule has 0 atom stereocenters. The molecule has 96 valence electrons. The van der Waals surface area contributed by atoms with Gasteiger partial charge in [0, 0.05) is 29.7 Å². The summed E-state index contributed by atoms with van der Waals surface area (Å²) in [7, 11) is 0. The second-order valence-corrected chi connectivity index (χ2v) is 3.66. The molecule has 7 heteroatoms. The molecule has 0 aliphatic carbocycles. The van der Waals surface area contributed by atoms with Gasteiger partial charge in [0.25, 0.3) is 0 Å². The van der Waals surface area contributed by atoms with Gasteiger partial charge in [0.2, 0.25) is 0 Å². The molecule has 0 aliphatic rings. The van der Waals surface area contributed by atoms with Crippen LogP contribution in [0.4, 0.5) is 19.0 Å². The van der Waals surface area contributed by atoms with Crippen molar-refractivity contribution in [2.75, 3.05) is 5.73 Å². The number of aromatic nitrogens is 2. The van der Waals surface area contributed by atoms with E-state index in [1.54, 1.807) is 6.07 Å². The first-order valence-corrected chi connectivity index (χ1v) is 5.11. The normalized spacial score (nSPS) is 11.1. The van der Waals surface area contributed by atoms with Crippen molar-refractivity contribution in [3.8, 4) is 17.2 Å². The Balaban J connectivity index is 2.78. The van der Waals surface area contributed by atoms with Crippen LogP contribution in [0.2, 0.25) is 0 Å². The number of hydrogen-bond donors (Lipinski definition) is 1. The van der Waals surface area contributed by atoms with Crippen molar-refractivity contribution in [2.24, 2.45) is 0 Å². The topological polar surface area (TPSA) is 75.6 Å². The monoisotopic (exact) mass is 264 g/mol. The number of anilines is 1. The lowest BCUT2D eigenvalue weighted by atomic mass is 9.99. The molecular formula is C12H7F3N4. The molecule has 0 amide bonds. The molecular weight excluding hydrogens is 257 g/mol. The number of rotatable bonds is 1. The van der Waals surface area contributed by atoms with Gasteiger partial charge in [-0.2, -0.15) is 18.4 Å². The molecule has 0 radical (unpaired) electrons. The molecule has 0 unspecified atom stereocenters. The first-order valence-electron chi connectivity index (χ1n) is 5.11. The Morgan fingerprint density at radius 1 is 1.26 bits per heavy atom. The average molecular weight is 264 g/mol. The van der Waals surface area contributed by atoms with E-state index in [9.17, 15) is 13.2 Å². The van der Waals surface area contributed by atoms with E-state index in [1.807, 2.05) is 0 Å². The summed E-state index contributed by atoms with van der Waals surface area (Å²) in [6.45, 7) is 0. The Bertz CT molecular complexity index is 645. The summed E-state index contributed by atoms with van der Waals surface area (Å²) >= 11 is 0. The molecule has 0 fully saturated rings. The third-order valence-corrected chi connectivity index (χ3v) is 2.48. The molecule has 0 spiro atoms. The first-order chi connectivity index (χ1) is 8.95. The van der Waals surface area contributed by atoms with Gasteiger partial charge in [-0.05, 0) is 6.07 Å². The zero-order chi connectivity index (χ0) is 14.0. The van der Waals surface area contributed by atoms with Gasteiger partial charge in [-0.25, -0.2) is 4.98 Å². The highest BCUT2D eigenvalue weighted by Gasteiger charge is 2.36. The minimum atomic E-state index is -4.66. The van der Waals surface area contributed by atoms with Crippen molar-refractivity contribution < 1.29 is 13.2 Å². The van der Waals surface area contributed by atoms with Gasteiger partial charge < -0.3 is 5.73 Å². The van der Waals surface area contributed by atoms with Crippen LogP contribution >= 0.6 is 0 Å². The lowest BCUT2D eigenvalue weighted by Crippen LogP contribution is -2.11. The minimum Gasteiger partial charge on any atom is -0.383 e. The number of halogens is 3. The van der Waals surface area contributed by atoms with E-state index in [-0.39, 0.29) is 11.4 Å². The summed E-state index contributed by atoms with van der Waals surface area (Å²) in [5.41, 5.74) is 4.19. The van der Waals surface area contributed by atoms with Gasteiger partial charge >= 0.3 is 6.18 Å². The van der Waals surface area contributed by atoms with Crippen LogP contribution in [-0.2, 0) is 6.18 Å². The van der Waals surface area contributed by atoms with E-state index in [0.717, 1.165) is 0 Å². The fourth-order valence-electron chi connectivity index (χ4n) is 1.66. The van der Waals surface area contributed by atoms with Gasteiger partial charge in [0.15, 0.2) is 0 Å². The summed E-state index contributed by atoms with van der Waals surface area (Å²) in [4.78, 5) is 7.30. The summed E-state index contributed by atoms with van der Waals surface area (Å²) in [5, 5.41) is 8.99. The molecule has 0 saturated heterocycles. The quantitative estimate of drug-likeness (QED) is 0.859. The van der Waals surface area contributed by atoms with E-state index in [4.69, 9.17) is 11.0 Å². The second kappa shape index (κ2) is 4.57. The third kappa shape index (κ3) is 2.33. The number of hydrogen-bond acceptors (Lipinski definition) is 4. The maximum Gasteiger partial charge on any atom is 0.419 e. The molecule has 4 nitrogen and oxygen atoms in total. The Kier molecular flexibility index (Phi) is 3.09. The zero-order valence-corrected chi connectivity index (χ0v) is 9.44. The zero-order valence-electron chi connectivity index (χ0n) is 9.44. The molecule has 2 aromatic heterocycles. The number of pyridine rings is 2. The molecule has 2 heterocycles. The van der Waals surface area contributed by atoms with Crippen LogP contribution in [0.1, 0.15) is 11.1 Å². The third-order valence-electron chi connectivity index (χ3n) is 2.48. The van der Waals surface area contributed by atoms with Crippen molar-refractivity contribution in [1.82, 2.24) is 9.97 Å². The second-order valence-electron chi connectivity index (χ2n) is 3.66. The van der Waals surface area contributed by atoms with Crippen molar-refractivity contribution in [3.05, 3.63) is 41.9 Å². The summed E-state index contributed by atoms with van der Waals surface area (Å²) in [6, 6.07) is 4.60. The van der Waals surface area contributed by atoms with Gasteiger partial charge in [-0.1, -0.05) is 6.07 Å². The maximum absolute atomic E-state index is 12.8. The Hall–Kier alpha value is -2.62. The summed E-state index contributed by atoms with van der Waals surface area (Å²) in [5.74, 6) is -0.141. The van der Waals surface area contributed by atoms with E-state index in [1.165, 1.54) is 24.5 Å². The molecule has 0 aromatic carbocycles. The van der Waals surface area contributed by atoms with Crippen molar-refractivity contribution >= 4 is 5.82 Å². The maximum atomic E-state index is 12.8. The minimum absolute atomic E-state index is 0.0505. The standard InChI is InChI=1S/C12H7F3N4/c13-12(14,15)9-6-19-11(17)10(8(9)4-16)7-2-1-3-18-5-7/h1-3,5-6H,(H2,17,19). The highest BCUT2D eigenvalue weighted by atomic mass is 19.4. The SMILES string of the molecule is N#Cc1c(C(F)(F)F)cnc(N)c1-c1cccnc1. The molecule has 2 aromatic rings. The van der Waals surface area contributed by atoms with Crippen molar-refractivity contribution in [1.29, 1.82) is 5.26 Å². The number of nitrogens with zero attached hydrogens (tertiary/aromatic N) is 3. The first kappa shape index (κ1) is 12.8. The van der Waals surface area contributed by atoms with Crippen LogP contribution < -0.4 is 5.73 Å². The number of nitrogens with two attached hydrogens (primary N) is 1. The van der Waals surface area contributed by atoms with Crippen LogP contribution in [-0.4, -0.2) is 9.97 Å². The van der Waals surface area contributed by atoms with Crippen LogP contribution in [0.3, 0.4) is 0 Å². The van der Waals surface area contributed by atoms with E-state index in [0.29, 0.717) is 11.8 Å². The molecule has 0 saturated carbocycles. The Morgan fingerprint density at radius 3 is 2.53 bits per heavy atom. The number of alkyl halides is 3. The van der Waals surface area contributed by atoms with E-state index < -0.39 is 17.3 Å².